The van der Waals surface area contributed by atoms with Gasteiger partial charge in [0.05, 0.1) is 0 Å². The van der Waals surface area contributed by atoms with Gasteiger partial charge in [-0.2, -0.15) is 0 Å². The van der Waals surface area contributed by atoms with Gasteiger partial charge in [-0.1, -0.05) is 19.9 Å². The second-order valence-corrected chi connectivity index (χ2v) is 5.17. The average molecular weight is 286 g/mol. The van der Waals surface area contributed by atoms with Crippen molar-refractivity contribution in [2.24, 2.45) is 5.92 Å². The van der Waals surface area contributed by atoms with Gasteiger partial charge in [0, 0.05) is 23.6 Å². The van der Waals surface area contributed by atoms with E-state index in [1.807, 2.05) is 35.2 Å². The van der Waals surface area contributed by atoms with Gasteiger partial charge < -0.3 is 15.0 Å². The van der Waals surface area contributed by atoms with Crippen LogP contribution in [0.15, 0.2) is 48.8 Å². The molecule has 0 aliphatic rings. The molecule has 1 unspecified atom stereocenters. The Morgan fingerprint density at radius 3 is 2.38 bits per heavy atom. The quantitative estimate of drug-likeness (QED) is 0.886. The fourth-order valence-corrected chi connectivity index (χ4v) is 2.05. The van der Waals surface area contributed by atoms with Gasteiger partial charge in [-0.3, -0.25) is 4.79 Å². The highest BCUT2D eigenvalue weighted by Gasteiger charge is 2.23. The highest BCUT2D eigenvalue weighted by atomic mass is 16.4. The lowest BCUT2D eigenvalue weighted by Gasteiger charge is -2.18. The van der Waals surface area contributed by atoms with Gasteiger partial charge in [-0.05, 0) is 36.2 Å². The van der Waals surface area contributed by atoms with E-state index in [9.17, 15) is 9.59 Å². The van der Waals surface area contributed by atoms with Crippen LogP contribution in [0.4, 0.5) is 0 Å². The van der Waals surface area contributed by atoms with Gasteiger partial charge in [0.1, 0.15) is 6.04 Å². The predicted molar refractivity (Wildman–Crippen MR) is 79.5 cm³/mol. The molecule has 21 heavy (non-hydrogen) atoms. The van der Waals surface area contributed by atoms with Gasteiger partial charge in [-0.15, -0.1) is 0 Å². The van der Waals surface area contributed by atoms with E-state index >= 15 is 0 Å². The molecule has 110 valence electrons. The number of carboxylic acid groups (broad SMARTS) is 1. The van der Waals surface area contributed by atoms with Crippen LogP contribution < -0.4 is 5.32 Å². The van der Waals surface area contributed by atoms with E-state index in [1.54, 1.807) is 32.0 Å². The van der Waals surface area contributed by atoms with E-state index in [4.69, 9.17) is 5.11 Å². The number of rotatable bonds is 5. The number of nitrogens with one attached hydrogen (secondary N) is 1. The van der Waals surface area contributed by atoms with Crippen molar-refractivity contribution in [3.8, 4) is 5.69 Å². The van der Waals surface area contributed by atoms with Crippen LogP contribution in [0.2, 0.25) is 0 Å². The molecule has 0 fully saturated rings. The molecule has 1 atom stereocenters. The van der Waals surface area contributed by atoms with Gasteiger partial charge in [0.25, 0.3) is 5.91 Å². The average Bonchev–Trinajstić information content (AvgIpc) is 2.98. The summed E-state index contributed by atoms with van der Waals surface area (Å²) in [4.78, 5) is 23.3. The molecule has 2 aromatic rings. The summed E-state index contributed by atoms with van der Waals surface area (Å²) in [6, 6.07) is 9.95. The van der Waals surface area contributed by atoms with Crippen LogP contribution >= 0.6 is 0 Å². The maximum atomic E-state index is 12.2. The van der Waals surface area contributed by atoms with Crippen LogP contribution in [-0.2, 0) is 4.79 Å². The van der Waals surface area contributed by atoms with E-state index < -0.39 is 12.0 Å². The Kier molecular flexibility index (Phi) is 4.42. The summed E-state index contributed by atoms with van der Waals surface area (Å²) < 4.78 is 1.88. The standard InChI is InChI=1S/C16H18N2O3/c1-11(2)14(16(20)21)17-15(19)12-6-5-7-13(10-12)18-8-3-4-9-18/h3-11,14H,1-2H3,(H,17,19)(H,20,21). The fourth-order valence-electron chi connectivity index (χ4n) is 2.05. The number of amides is 1. The lowest BCUT2D eigenvalue weighted by atomic mass is 10.0. The van der Waals surface area contributed by atoms with E-state index in [0.717, 1.165) is 5.69 Å². The van der Waals surface area contributed by atoms with E-state index in [0.29, 0.717) is 5.56 Å². The summed E-state index contributed by atoms with van der Waals surface area (Å²) in [5.41, 5.74) is 1.29. The number of carbonyl (C=O) groups excluding carboxylic acids is 1. The molecular formula is C16H18N2O3. The lowest BCUT2D eigenvalue weighted by Crippen LogP contribution is -2.44. The molecular weight excluding hydrogens is 268 g/mol. The molecule has 0 aliphatic heterocycles. The van der Waals surface area contributed by atoms with Crippen LogP contribution in [-0.4, -0.2) is 27.6 Å². The molecule has 1 heterocycles. The Labute approximate surface area is 123 Å². The first-order chi connectivity index (χ1) is 9.99. The third-order valence-electron chi connectivity index (χ3n) is 3.23. The molecule has 0 saturated heterocycles. The Morgan fingerprint density at radius 1 is 1.14 bits per heavy atom. The number of hydrogen-bond donors (Lipinski definition) is 2. The number of aromatic nitrogens is 1. The highest BCUT2D eigenvalue weighted by Crippen LogP contribution is 2.12. The predicted octanol–water partition coefficient (Wildman–Crippen LogP) is 2.32. The van der Waals surface area contributed by atoms with E-state index in [2.05, 4.69) is 5.32 Å². The van der Waals surface area contributed by atoms with Crippen molar-refractivity contribution >= 4 is 11.9 Å². The highest BCUT2D eigenvalue weighted by molar-refractivity contribution is 5.97. The zero-order valence-corrected chi connectivity index (χ0v) is 12.0. The molecule has 0 radical (unpaired) electrons. The van der Waals surface area contributed by atoms with Crippen molar-refractivity contribution in [1.82, 2.24) is 9.88 Å². The normalized spacial score (nSPS) is 12.1. The molecule has 1 aromatic heterocycles. The Bertz CT molecular complexity index is 633. The number of carboxylic acids is 1. The third-order valence-corrected chi connectivity index (χ3v) is 3.23. The molecule has 1 amide bonds. The molecule has 1 aromatic carbocycles. The van der Waals surface area contributed by atoms with Gasteiger partial charge >= 0.3 is 5.97 Å². The Morgan fingerprint density at radius 2 is 1.81 bits per heavy atom. The van der Waals surface area contributed by atoms with Crippen molar-refractivity contribution in [2.45, 2.75) is 19.9 Å². The van der Waals surface area contributed by atoms with E-state index in [-0.39, 0.29) is 11.8 Å². The zero-order valence-electron chi connectivity index (χ0n) is 12.0. The monoisotopic (exact) mass is 286 g/mol. The van der Waals surface area contributed by atoms with Crippen LogP contribution in [0.3, 0.4) is 0 Å². The SMILES string of the molecule is CC(C)C(NC(=O)c1cccc(-n2cccc2)c1)C(=O)O. The second-order valence-electron chi connectivity index (χ2n) is 5.17. The smallest absolute Gasteiger partial charge is 0.326 e. The first kappa shape index (κ1) is 14.8. The zero-order chi connectivity index (χ0) is 15.4. The van der Waals surface area contributed by atoms with Gasteiger partial charge in [-0.25, -0.2) is 4.79 Å². The minimum atomic E-state index is -1.03. The van der Waals surface area contributed by atoms with Crippen LogP contribution in [0.25, 0.3) is 5.69 Å². The molecule has 2 rings (SSSR count). The maximum absolute atomic E-state index is 12.2. The molecule has 0 saturated carbocycles. The minimum Gasteiger partial charge on any atom is -0.480 e. The fraction of sp³-hybridized carbons (Fsp3) is 0.250. The second kappa shape index (κ2) is 6.26. The minimum absolute atomic E-state index is 0.181. The van der Waals surface area contributed by atoms with Crippen molar-refractivity contribution in [1.29, 1.82) is 0 Å². The summed E-state index contributed by atoms with van der Waals surface area (Å²) in [5.74, 6) is -1.59. The number of hydrogen-bond acceptors (Lipinski definition) is 2. The number of nitrogens with zero attached hydrogens (tertiary/aromatic N) is 1. The van der Waals surface area contributed by atoms with Crippen LogP contribution in [0.1, 0.15) is 24.2 Å². The first-order valence-corrected chi connectivity index (χ1v) is 6.76. The topological polar surface area (TPSA) is 71.3 Å². The number of benzene rings is 1. The molecule has 2 N–H and O–H groups in total. The third kappa shape index (κ3) is 3.51. The van der Waals surface area contributed by atoms with Crippen LogP contribution in [0.5, 0.6) is 0 Å². The summed E-state index contributed by atoms with van der Waals surface area (Å²) in [6.45, 7) is 3.52. The van der Waals surface area contributed by atoms with Gasteiger partial charge in [0.15, 0.2) is 0 Å². The summed E-state index contributed by atoms with van der Waals surface area (Å²) in [7, 11) is 0. The molecule has 0 aliphatic carbocycles. The molecule has 5 nitrogen and oxygen atoms in total. The largest absolute Gasteiger partial charge is 0.480 e. The van der Waals surface area contributed by atoms with Crippen molar-refractivity contribution in [2.75, 3.05) is 0 Å². The number of aliphatic carboxylic acids is 1. The van der Waals surface area contributed by atoms with Gasteiger partial charge in [0.2, 0.25) is 0 Å². The van der Waals surface area contributed by atoms with Crippen molar-refractivity contribution in [3.05, 3.63) is 54.4 Å². The first-order valence-electron chi connectivity index (χ1n) is 6.76. The summed E-state index contributed by atoms with van der Waals surface area (Å²) in [5, 5.41) is 11.7. The lowest BCUT2D eigenvalue weighted by molar-refractivity contribution is -0.140. The molecule has 5 heteroatoms. The van der Waals surface area contributed by atoms with Crippen LogP contribution in [0, 0.1) is 5.92 Å². The van der Waals surface area contributed by atoms with Crippen molar-refractivity contribution < 1.29 is 14.7 Å². The Balaban J connectivity index is 2.20. The van der Waals surface area contributed by atoms with Crippen molar-refractivity contribution in [3.63, 3.8) is 0 Å². The molecule has 0 bridgehead atoms. The molecule has 0 spiro atoms. The summed E-state index contributed by atoms with van der Waals surface area (Å²) >= 11 is 0. The number of carbonyl (C=O) groups is 2. The maximum Gasteiger partial charge on any atom is 0.326 e. The Hall–Kier alpha value is -2.56. The summed E-state index contributed by atoms with van der Waals surface area (Å²) in [6.07, 6.45) is 3.76. The van der Waals surface area contributed by atoms with E-state index in [1.165, 1.54) is 0 Å².